The molecule has 1 heterocycles. The number of hydrogen-bond donors (Lipinski definition) is 1. The van der Waals surface area contributed by atoms with Gasteiger partial charge in [-0.15, -0.1) is 0 Å². The number of halogens is 1. The second-order valence-electron chi connectivity index (χ2n) is 4.47. The molecule has 1 aromatic heterocycles. The van der Waals surface area contributed by atoms with E-state index in [0.29, 0.717) is 6.04 Å². The van der Waals surface area contributed by atoms with Gasteiger partial charge in [0.25, 0.3) is 0 Å². The summed E-state index contributed by atoms with van der Waals surface area (Å²) in [5, 5.41) is 3.40. The number of aromatic nitrogens is 1. The van der Waals surface area contributed by atoms with Crippen LogP contribution in [-0.4, -0.2) is 11.1 Å². The van der Waals surface area contributed by atoms with Crippen LogP contribution in [0.3, 0.4) is 0 Å². The maximum absolute atomic E-state index is 12.9. The third-order valence-electron chi connectivity index (χ3n) is 3.08. The van der Waals surface area contributed by atoms with Crippen molar-refractivity contribution < 1.29 is 4.39 Å². The molecule has 0 amide bonds. The highest BCUT2D eigenvalue weighted by atomic mass is 19.1. The van der Waals surface area contributed by atoms with Gasteiger partial charge >= 0.3 is 0 Å². The third-order valence-corrected chi connectivity index (χ3v) is 3.08. The van der Waals surface area contributed by atoms with Crippen molar-refractivity contribution in [3.63, 3.8) is 0 Å². The Kier molecular flexibility index (Phi) is 4.15. The van der Waals surface area contributed by atoms with Crippen molar-refractivity contribution in [1.29, 1.82) is 0 Å². The first kappa shape index (κ1) is 12.8. The van der Waals surface area contributed by atoms with Crippen molar-refractivity contribution in [2.75, 3.05) is 6.54 Å². The zero-order chi connectivity index (χ0) is 13.0. The fraction of sp³-hybridized carbons (Fsp3) is 0.333. The third kappa shape index (κ3) is 2.99. The van der Waals surface area contributed by atoms with Crippen LogP contribution in [0, 0.1) is 5.82 Å². The molecular formula is C15H19FN2. The van der Waals surface area contributed by atoms with Crippen LogP contribution in [0.15, 0.2) is 42.6 Å². The fourth-order valence-corrected chi connectivity index (χ4v) is 2.16. The van der Waals surface area contributed by atoms with Crippen LogP contribution in [0.1, 0.15) is 31.1 Å². The molecule has 0 aliphatic carbocycles. The molecule has 3 heteroatoms. The normalized spacial score (nSPS) is 12.6. The molecule has 2 aromatic rings. The van der Waals surface area contributed by atoms with Gasteiger partial charge in [0.2, 0.25) is 0 Å². The molecule has 0 radical (unpaired) electrons. The predicted molar refractivity (Wildman–Crippen MR) is 72.0 cm³/mol. The second-order valence-corrected chi connectivity index (χ2v) is 4.47. The summed E-state index contributed by atoms with van der Waals surface area (Å²) < 4.78 is 15.1. The maximum Gasteiger partial charge on any atom is 0.123 e. The van der Waals surface area contributed by atoms with E-state index in [4.69, 9.17) is 0 Å². The van der Waals surface area contributed by atoms with E-state index in [0.717, 1.165) is 18.7 Å². The topological polar surface area (TPSA) is 17.0 Å². The van der Waals surface area contributed by atoms with E-state index in [2.05, 4.69) is 36.0 Å². The van der Waals surface area contributed by atoms with Crippen LogP contribution >= 0.6 is 0 Å². The quantitative estimate of drug-likeness (QED) is 0.856. The lowest BCUT2D eigenvalue weighted by molar-refractivity contribution is 0.553. The number of rotatable bonds is 5. The van der Waals surface area contributed by atoms with E-state index in [-0.39, 0.29) is 5.82 Å². The lowest BCUT2D eigenvalue weighted by Crippen LogP contribution is -2.20. The van der Waals surface area contributed by atoms with Gasteiger partial charge in [0.1, 0.15) is 5.82 Å². The molecule has 0 aliphatic heterocycles. The van der Waals surface area contributed by atoms with E-state index in [1.807, 2.05) is 18.2 Å². The number of nitrogens with zero attached hydrogens (tertiary/aromatic N) is 1. The Hall–Kier alpha value is -1.61. The van der Waals surface area contributed by atoms with Gasteiger partial charge in [0, 0.05) is 24.5 Å². The summed E-state index contributed by atoms with van der Waals surface area (Å²) in [6, 6.07) is 11.2. The molecule has 2 nitrogen and oxygen atoms in total. The van der Waals surface area contributed by atoms with Gasteiger partial charge in [-0.25, -0.2) is 4.39 Å². The first-order valence-electron chi connectivity index (χ1n) is 6.33. The molecule has 18 heavy (non-hydrogen) atoms. The highest BCUT2D eigenvalue weighted by Gasteiger charge is 2.08. The molecule has 1 atom stereocenters. The van der Waals surface area contributed by atoms with E-state index in [1.54, 1.807) is 0 Å². The van der Waals surface area contributed by atoms with Crippen molar-refractivity contribution in [3.05, 3.63) is 59.7 Å². The number of benzene rings is 1. The van der Waals surface area contributed by atoms with Gasteiger partial charge in [-0.1, -0.05) is 19.1 Å². The molecule has 0 saturated heterocycles. The summed E-state index contributed by atoms with van der Waals surface area (Å²) in [5.41, 5.74) is 2.36. The van der Waals surface area contributed by atoms with Crippen molar-refractivity contribution in [2.24, 2.45) is 0 Å². The molecule has 0 bridgehead atoms. The van der Waals surface area contributed by atoms with Crippen LogP contribution in [0.4, 0.5) is 4.39 Å². The van der Waals surface area contributed by atoms with Crippen LogP contribution in [-0.2, 0) is 6.54 Å². The van der Waals surface area contributed by atoms with Crippen LogP contribution < -0.4 is 5.32 Å². The average molecular weight is 246 g/mol. The van der Waals surface area contributed by atoms with Crippen LogP contribution in [0.2, 0.25) is 0 Å². The lowest BCUT2D eigenvalue weighted by Gasteiger charge is -2.16. The van der Waals surface area contributed by atoms with E-state index in [1.165, 1.54) is 17.8 Å². The fourth-order valence-electron chi connectivity index (χ4n) is 2.16. The Morgan fingerprint density at radius 2 is 1.94 bits per heavy atom. The van der Waals surface area contributed by atoms with E-state index < -0.39 is 0 Å². The summed E-state index contributed by atoms with van der Waals surface area (Å²) in [6.07, 6.45) is 2.06. The summed E-state index contributed by atoms with van der Waals surface area (Å²) in [5.74, 6) is -0.188. The SMILES string of the molecule is CCNC(C)c1cccn1Cc1ccc(F)cc1. The van der Waals surface area contributed by atoms with Gasteiger partial charge in [0.05, 0.1) is 0 Å². The molecule has 0 aliphatic rings. The minimum absolute atomic E-state index is 0.188. The summed E-state index contributed by atoms with van der Waals surface area (Å²) in [6.45, 7) is 5.98. The predicted octanol–water partition coefficient (Wildman–Crippen LogP) is 3.35. The second kappa shape index (κ2) is 5.83. The van der Waals surface area contributed by atoms with Crippen molar-refractivity contribution in [2.45, 2.75) is 26.4 Å². The number of nitrogens with one attached hydrogen (secondary N) is 1. The van der Waals surface area contributed by atoms with Gasteiger partial charge in [-0.3, -0.25) is 0 Å². The van der Waals surface area contributed by atoms with Crippen molar-refractivity contribution >= 4 is 0 Å². The molecule has 0 fully saturated rings. The Labute approximate surface area is 107 Å². The highest BCUT2D eigenvalue weighted by Crippen LogP contribution is 2.15. The minimum atomic E-state index is -0.188. The zero-order valence-electron chi connectivity index (χ0n) is 10.9. The molecule has 0 saturated carbocycles. The monoisotopic (exact) mass is 246 g/mol. The average Bonchev–Trinajstić information content (AvgIpc) is 2.81. The summed E-state index contributed by atoms with van der Waals surface area (Å²) in [4.78, 5) is 0. The van der Waals surface area contributed by atoms with Gasteiger partial charge in [0.15, 0.2) is 0 Å². The Bertz CT molecular complexity index is 487. The molecule has 1 aromatic carbocycles. The Balaban J connectivity index is 2.14. The van der Waals surface area contributed by atoms with Crippen molar-refractivity contribution in [3.8, 4) is 0 Å². The van der Waals surface area contributed by atoms with Crippen LogP contribution in [0.5, 0.6) is 0 Å². The van der Waals surface area contributed by atoms with E-state index in [9.17, 15) is 4.39 Å². The molecule has 1 N–H and O–H groups in total. The largest absolute Gasteiger partial charge is 0.346 e. The van der Waals surface area contributed by atoms with E-state index >= 15 is 0 Å². The standard InChI is InChI=1S/C15H19FN2/c1-3-17-12(2)15-5-4-10-18(15)11-13-6-8-14(16)9-7-13/h4-10,12,17H,3,11H2,1-2H3. The minimum Gasteiger partial charge on any atom is -0.346 e. The van der Waals surface area contributed by atoms with Crippen LogP contribution in [0.25, 0.3) is 0 Å². The molecule has 2 rings (SSSR count). The Morgan fingerprint density at radius 1 is 1.22 bits per heavy atom. The molecule has 96 valence electrons. The Morgan fingerprint density at radius 3 is 2.61 bits per heavy atom. The first-order chi connectivity index (χ1) is 8.70. The van der Waals surface area contributed by atoms with Gasteiger partial charge in [-0.2, -0.15) is 0 Å². The van der Waals surface area contributed by atoms with Gasteiger partial charge < -0.3 is 9.88 Å². The zero-order valence-corrected chi connectivity index (χ0v) is 10.9. The smallest absolute Gasteiger partial charge is 0.123 e. The molecular weight excluding hydrogens is 227 g/mol. The summed E-state index contributed by atoms with van der Waals surface area (Å²) in [7, 11) is 0. The lowest BCUT2D eigenvalue weighted by atomic mass is 10.2. The van der Waals surface area contributed by atoms with Crippen molar-refractivity contribution in [1.82, 2.24) is 9.88 Å². The number of hydrogen-bond acceptors (Lipinski definition) is 1. The van der Waals surface area contributed by atoms with Gasteiger partial charge in [-0.05, 0) is 43.3 Å². The highest BCUT2D eigenvalue weighted by molar-refractivity contribution is 5.19. The maximum atomic E-state index is 12.9. The summed E-state index contributed by atoms with van der Waals surface area (Å²) >= 11 is 0. The first-order valence-corrected chi connectivity index (χ1v) is 6.33. The molecule has 0 spiro atoms. The molecule has 1 unspecified atom stereocenters.